The molecule has 0 saturated heterocycles. The molecule has 0 amide bonds. The summed E-state index contributed by atoms with van der Waals surface area (Å²) in [5, 5.41) is 10.0. The molecule has 1 N–H and O–H groups in total. The number of carboxylic acid groups (broad SMARTS) is 1. The van der Waals surface area contributed by atoms with Gasteiger partial charge in [0.25, 0.3) is 0 Å². The highest BCUT2D eigenvalue weighted by atomic mass is 16.4. The van der Waals surface area contributed by atoms with Gasteiger partial charge < -0.3 is 9.52 Å². The first-order valence-corrected chi connectivity index (χ1v) is 6.66. The smallest absolute Gasteiger partial charge is 0.310 e. The van der Waals surface area contributed by atoms with E-state index >= 15 is 0 Å². The molecule has 2 aromatic heterocycles. The summed E-state index contributed by atoms with van der Waals surface area (Å²) in [6.45, 7) is 1.80. The van der Waals surface area contributed by atoms with E-state index in [2.05, 4.69) is 4.98 Å². The zero-order chi connectivity index (χ0) is 15.0. The van der Waals surface area contributed by atoms with Crippen LogP contribution in [-0.2, 0) is 4.79 Å². The zero-order valence-corrected chi connectivity index (χ0v) is 11.4. The fourth-order valence-electron chi connectivity index (χ4n) is 2.48. The van der Waals surface area contributed by atoms with Gasteiger partial charge in [0.1, 0.15) is 5.58 Å². The molecule has 21 heavy (non-hydrogen) atoms. The van der Waals surface area contributed by atoms with Crippen LogP contribution in [0.25, 0.3) is 22.1 Å². The van der Waals surface area contributed by atoms with Crippen LogP contribution < -0.4 is 5.43 Å². The summed E-state index contributed by atoms with van der Waals surface area (Å²) < 4.78 is 5.60. The van der Waals surface area contributed by atoms with Gasteiger partial charge in [-0.2, -0.15) is 0 Å². The van der Waals surface area contributed by atoms with Crippen LogP contribution in [0.3, 0.4) is 0 Å². The van der Waals surface area contributed by atoms with Gasteiger partial charge in [-0.25, -0.2) is 4.98 Å². The van der Waals surface area contributed by atoms with Crippen LogP contribution in [0.15, 0.2) is 45.7 Å². The number of rotatable bonds is 3. The lowest BCUT2D eigenvalue weighted by atomic mass is 9.95. The average molecular weight is 283 g/mol. The molecular weight excluding hydrogens is 270 g/mol. The van der Waals surface area contributed by atoms with Gasteiger partial charge in [0.2, 0.25) is 11.1 Å². The second-order valence-electron chi connectivity index (χ2n) is 4.84. The summed E-state index contributed by atoms with van der Waals surface area (Å²) >= 11 is 0. The van der Waals surface area contributed by atoms with Crippen LogP contribution in [0.5, 0.6) is 0 Å². The highest BCUT2D eigenvalue weighted by Crippen LogP contribution is 2.24. The van der Waals surface area contributed by atoms with E-state index in [0.29, 0.717) is 28.3 Å². The second kappa shape index (κ2) is 5.01. The normalized spacial score (nSPS) is 12.6. The Morgan fingerprint density at radius 1 is 1.33 bits per heavy atom. The SMILES string of the molecule is CCC(C(=O)O)c1ccc2oc3ncccc3c(=O)c2c1. The van der Waals surface area contributed by atoms with E-state index in [4.69, 9.17) is 4.42 Å². The minimum Gasteiger partial charge on any atom is -0.481 e. The Labute approximate surface area is 119 Å². The minimum absolute atomic E-state index is 0.193. The zero-order valence-electron chi connectivity index (χ0n) is 11.4. The van der Waals surface area contributed by atoms with Crippen molar-refractivity contribution in [3.8, 4) is 0 Å². The number of carboxylic acids is 1. The lowest BCUT2D eigenvalue weighted by Gasteiger charge is -2.10. The third kappa shape index (κ3) is 2.16. The maximum absolute atomic E-state index is 12.5. The lowest BCUT2D eigenvalue weighted by molar-refractivity contribution is -0.138. The number of aliphatic carboxylic acids is 1. The number of aromatic nitrogens is 1. The van der Waals surface area contributed by atoms with E-state index < -0.39 is 11.9 Å². The molecule has 0 spiro atoms. The molecule has 0 aliphatic rings. The van der Waals surface area contributed by atoms with Gasteiger partial charge in [0.05, 0.1) is 16.7 Å². The van der Waals surface area contributed by atoms with Crippen LogP contribution in [0.4, 0.5) is 0 Å². The van der Waals surface area contributed by atoms with Crippen molar-refractivity contribution in [3.63, 3.8) is 0 Å². The minimum atomic E-state index is -0.899. The predicted octanol–water partition coefficient (Wildman–Crippen LogP) is 2.92. The Hall–Kier alpha value is -2.69. The van der Waals surface area contributed by atoms with Gasteiger partial charge in [0.15, 0.2) is 0 Å². The van der Waals surface area contributed by atoms with Gasteiger partial charge in [-0.1, -0.05) is 13.0 Å². The molecule has 0 saturated carbocycles. The van der Waals surface area contributed by atoms with Crippen molar-refractivity contribution in [1.82, 2.24) is 4.98 Å². The molecule has 1 aromatic carbocycles. The molecule has 5 nitrogen and oxygen atoms in total. The van der Waals surface area contributed by atoms with Crippen molar-refractivity contribution in [2.45, 2.75) is 19.3 Å². The molecule has 106 valence electrons. The number of fused-ring (bicyclic) bond motifs is 2. The third-order valence-corrected chi connectivity index (χ3v) is 3.58. The first-order valence-electron chi connectivity index (χ1n) is 6.66. The van der Waals surface area contributed by atoms with E-state index in [0.717, 1.165) is 0 Å². The standard InChI is InChI=1S/C16H13NO4/c1-2-10(16(19)20)9-5-6-13-12(8-9)14(18)11-4-3-7-17-15(11)21-13/h3-8,10H,2H2,1H3,(H,19,20). The number of hydrogen-bond acceptors (Lipinski definition) is 4. The summed E-state index contributed by atoms with van der Waals surface area (Å²) in [7, 11) is 0. The molecule has 2 heterocycles. The van der Waals surface area contributed by atoms with Gasteiger partial charge in [-0.05, 0) is 36.2 Å². The van der Waals surface area contributed by atoms with Crippen molar-refractivity contribution in [3.05, 3.63) is 52.3 Å². The Kier molecular flexibility index (Phi) is 3.17. The molecule has 0 aliphatic heterocycles. The fraction of sp³-hybridized carbons (Fsp3) is 0.188. The number of pyridine rings is 1. The highest BCUT2D eigenvalue weighted by molar-refractivity contribution is 5.89. The molecular formula is C16H13NO4. The molecule has 0 radical (unpaired) electrons. The molecule has 0 fully saturated rings. The number of hydrogen-bond donors (Lipinski definition) is 1. The Balaban J connectivity index is 2.31. The Morgan fingerprint density at radius 2 is 2.14 bits per heavy atom. The quantitative estimate of drug-likeness (QED) is 0.747. The summed E-state index contributed by atoms with van der Waals surface area (Å²) in [6, 6.07) is 8.24. The van der Waals surface area contributed by atoms with E-state index in [1.807, 2.05) is 0 Å². The summed E-state index contributed by atoms with van der Waals surface area (Å²) in [6.07, 6.45) is 2.02. The van der Waals surface area contributed by atoms with Crippen LogP contribution in [-0.4, -0.2) is 16.1 Å². The molecule has 3 aromatic rings. The van der Waals surface area contributed by atoms with E-state index in [1.54, 1.807) is 43.5 Å². The van der Waals surface area contributed by atoms with Gasteiger partial charge in [-0.3, -0.25) is 9.59 Å². The van der Waals surface area contributed by atoms with Crippen molar-refractivity contribution >= 4 is 28.0 Å². The van der Waals surface area contributed by atoms with Crippen LogP contribution in [0, 0.1) is 0 Å². The van der Waals surface area contributed by atoms with Crippen molar-refractivity contribution < 1.29 is 14.3 Å². The average Bonchev–Trinajstić information content (AvgIpc) is 2.48. The second-order valence-corrected chi connectivity index (χ2v) is 4.84. The molecule has 0 bridgehead atoms. The molecule has 3 rings (SSSR count). The van der Waals surface area contributed by atoms with Crippen molar-refractivity contribution in [2.24, 2.45) is 0 Å². The molecule has 1 atom stereocenters. The Bertz CT molecular complexity index is 898. The largest absolute Gasteiger partial charge is 0.481 e. The van der Waals surface area contributed by atoms with Crippen LogP contribution >= 0.6 is 0 Å². The third-order valence-electron chi connectivity index (χ3n) is 3.58. The topological polar surface area (TPSA) is 80.4 Å². The molecule has 5 heteroatoms. The van der Waals surface area contributed by atoms with Crippen molar-refractivity contribution in [2.75, 3.05) is 0 Å². The van der Waals surface area contributed by atoms with E-state index in [-0.39, 0.29) is 11.1 Å². The summed E-state index contributed by atoms with van der Waals surface area (Å²) in [5.41, 5.74) is 1.11. The number of carbonyl (C=O) groups is 1. The Morgan fingerprint density at radius 3 is 2.86 bits per heavy atom. The van der Waals surface area contributed by atoms with Crippen molar-refractivity contribution in [1.29, 1.82) is 0 Å². The fourth-order valence-corrected chi connectivity index (χ4v) is 2.48. The predicted molar refractivity (Wildman–Crippen MR) is 78.5 cm³/mol. The first kappa shape index (κ1) is 13.3. The number of nitrogens with zero attached hydrogens (tertiary/aromatic N) is 1. The molecule has 1 unspecified atom stereocenters. The summed E-state index contributed by atoms with van der Waals surface area (Å²) in [5.74, 6) is -1.53. The maximum Gasteiger partial charge on any atom is 0.310 e. The van der Waals surface area contributed by atoms with Crippen LogP contribution in [0.2, 0.25) is 0 Å². The molecule has 0 aliphatic carbocycles. The van der Waals surface area contributed by atoms with E-state index in [1.165, 1.54) is 0 Å². The summed E-state index contributed by atoms with van der Waals surface area (Å²) in [4.78, 5) is 27.8. The maximum atomic E-state index is 12.5. The van der Waals surface area contributed by atoms with Gasteiger partial charge in [-0.15, -0.1) is 0 Å². The van der Waals surface area contributed by atoms with Crippen LogP contribution in [0.1, 0.15) is 24.8 Å². The lowest BCUT2D eigenvalue weighted by Crippen LogP contribution is -2.11. The van der Waals surface area contributed by atoms with E-state index in [9.17, 15) is 14.7 Å². The first-order chi connectivity index (χ1) is 10.1. The highest BCUT2D eigenvalue weighted by Gasteiger charge is 2.19. The monoisotopic (exact) mass is 283 g/mol. The van der Waals surface area contributed by atoms with Gasteiger partial charge in [0, 0.05) is 6.20 Å². The number of benzene rings is 1. The van der Waals surface area contributed by atoms with Gasteiger partial charge >= 0.3 is 5.97 Å².